The highest BCUT2D eigenvalue weighted by atomic mass is 35.5. The molecule has 1 aromatic carbocycles. The molecular formula is C23H29ClN4O3. The Labute approximate surface area is 188 Å². The number of carbonyl (C=O) groups is 2. The van der Waals surface area contributed by atoms with Gasteiger partial charge in [-0.3, -0.25) is 9.59 Å². The number of hydrogen-bond donors (Lipinski definition) is 1. The maximum absolute atomic E-state index is 13.2. The van der Waals surface area contributed by atoms with E-state index in [1.807, 2.05) is 0 Å². The average molecular weight is 445 g/mol. The minimum absolute atomic E-state index is 0.00791. The maximum Gasteiger partial charge on any atom is 0.263 e. The van der Waals surface area contributed by atoms with Crippen LogP contribution in [0.4, 0.5) is 5.69 Å². The first kappa shape index (κ1) is 23.0. The van der Waals surface area contributed by atoms with Crippen LogP contribution in [-0.2, 0) is 4.79 Å². The van der Waals surface area contributed by atoms with Crippen molar-refractivity contribution in [3.05, 3.63) is 47.1 Å². The predicted octanol–water partition coefficient (Wildman–Crippen LogP) is 4.12. The van der Waals surface area contributed by atoms with E-state index < -0.39 is 0 Å². The van der Waals surface area contributed by atoms with E-state index in [4.69, 9.17) is 16.3 Å². The molecule has 1 aromatic heterocycles. The number of ether oxygens (including phenoxy) is 1. The molecule has 7 nitrogen and oxygen atoms in total. The summed E-state index contributed by atoms with van der Waals surface area (Å²) in [6.45, 7) is 8.30. The van der Waals surface area contributed by atoms with Gasteiger partial charge < -0.3 is 19.9 Å². The van der Waals surface area contributed by atoms with E-state index in [1.54, 1.807) is 41.4 Å². The fraction of sp³-hybridized carbons (Fsp3) is 0.435. The quantitative estimate of drug-likeness (QED) is 0.558. The molecule has 0 radical (unpaired) electrons. The molecule has 8 heteroatoms. The number of pyridine rings is 1. The van der Waals surface area contributed by atoms with E-state index in [0.29, 0.717) is 48.0 Å². The molecule has 0 saturated carbocycles. The third-order valence-corrected chi connectivity index (χ3v) is 5.55. The Balaban J connectivity index is 1.59. The van der Waals surface area contributed by atoms with Crippen LogP contribution in [-0.4, -0.2) is 54.4 Å². The van der Waals surface area contributed by atoms with Crippen LogP contribution in [0.1, 0.15) is 43.5 Å². The summed E-state index contributed by atoms with van der Waals surface area (Å²) < 4.78 is 5.87. The standard InChI is InChI=1S/C23H29ClN4O3/c1-3-27(4-2)14-7-13-25-21(29)9-6-15-28-19-16-17(24)10-11-20(19)31-22-18(23(28)30)8-5-12-26-22/h5,8,10-12,16H,3-4,6-7,9,13-15H2,1-2H3,(H,25,29). The number of amides is 2. The highest BCUT2D eigenvalue weighted by molar-refractivity contribution is 6.31. The third-order valence-electron chi connectivity index (χ3n) is 5.32. The minimum Gasteiger partial charge on any atom is -0.436 e. The largest absolute Gasteiger partial charge is 0.436 e. The van der Waals surface area contributed by atoms with Gasteiger partial charge in [0.2, 0.25) is 11.8 Å². The van der Waals surface area contributed by atoms with E-state index in [9.17, 15) is 9.59 Å². The van der Waals surface area contributed by atoms with E-state index in [1.165, 1.54) is 0 Å². The van der Waals surface area contributed by atoms with Crippen LogP contribution in [0.5, 0.6) is 11.6 Å². The number of rotatable bonds is 10. The molecule has 0 saturated heterocycles. The summed E-state index contributed by atoms with van der Waals surface area (Å²) in [7, 11) is 0. The zero-order chi connectivity index (χ0) is 22.2. The van der Waals surface area contributed by atoms with Gasteiger partial charge in [0, 0.05) is 30.7 Å². The van der Waals surface area contributed by atoms with Crippen LogP contribution in [0.25, 0.3) is 0 Å². The molecule has 2 amide bonds. The molecule has 0 unspecified atom stereocenters. The first-order valence-corrected chi connectivity index (χ1v) is 11.1. The van der Waals surface area contributed by atoms with Crippen LogP contribution in [0.3, 0.4) is 0 Å². The summed E-state index contributed by atoms with van der Waals surface area (Å²) in [4.78, 5) is 33.5. The topological polar surface area (TPSA) is 74.8 Å². The van der Waals surface area contributed by atoms with Crippen molar-refractivity contribution in [1.82, 2.24) is 15.2 Å². The fourth-order valence-electron chi connectivity index (χ4n) is 3.56. The van der Waals surface area contributed by atoms with Crippen LogP contribution < -0.4 is 15.0 Å². The second-order valence-electron chi connectivity index (χ2n) is 7.36. The molecule has 166 valence electrons. The van der Waals surface area contributed by atoms with Gasteiger partial charge in [-0.1, -0.05) is 25.4 Å². The molecule has 2 aromatic rings. The number of halogens is 1. The molecule has 0 bridgehead atoms. The Kier molecular flexibility index (Phi) is 8.26. The Bertz CT molecular complexity index is 917. The van der Waals surface area contributed by atoms with Gasteiger partial charge in [0.1, 0.15) is 5.56 Å². The van der Waals surface area contributed by atoms with Crippen molar-refractivity contribution in [2.24, 2.45) is 0 Å². The minimum atomic E-state index is -0.219. The monoisotopic (exact) mass is 444 g/mol. The SMILES string of the molecule is CCN(CC)CCCNC(=O)CCCN1C(=O)c2cccnc2Oc2ccc(Cl)cc21. The molecule has 1 aliphatic rings. The number of fused-ring (bicyclic) bond motifs is 2. The average Bonchev–Trinajstić information content (AvgIpc) is 2.88. The van der Waals surface area contributed by atoms with Gasteiger partial charge in [-0.25, -0.2) is 4.98 Å². The number of hydrogen-bond acceptors (Lipinski definition) is 5. The number of anilines is 1. The van der Waals surface area contributed by atoms with E-state index >= 15 is 0 Å². The molecular weight excluding hydrogens is 416 g/mol. The summed E-state index contributed by atoms with van der Waals surface area (Å²) >= 11 is 6.18. The van der Waals surface area contributed by atoms with Crippen LogP contribution in [0.15, 0.2) is 36.5 Å². The van der Waals surface area contributed by atoms with Gasteiger partial charge in [-0.15, -0.1) is 0 Å². The molecule has 1 aliphatic heterocycles. The lowest BCUT2D eigenvalue weighted by molar-refractivity contribution is -0.121. The Morgan fingerprint density at radius 2 is 2.03 bits per heavy atom. The first-order chi connectivity index (χ1) is 15.0. The van der Waals surface area contributed by atoms with Crippen molar-refractivity contribution in [2.45, 2.75) is 33.1 Å². The number of aromatic nitrogens is 1. The van der Waals surface area contributed by atoms with E-state index in [-0.39, 0.29) is 17.7 Å². The summed E-state index contributed by atoms with van der Waals surface area (Å²) in [5.74, 6) is 0.552. The zero-order valence-electron chi connectivity index (χ0n) is 18.1. The summed E-state index contributed by atoms with van der Waals surface area (Å²) in [5, 5.41) is 3.47. The van der Waals surface area contributed by atoms with Gasteiger partial charge in [0.05, 0.1) is 5.69 Å². The number of carbonyl (C=O) groups excluding carboxylic acids is 2. The molecule has 0 aliphatic carbocycles. The lowest BCUT2D eigenvalue weighted by atomic mass is 10.2. The molecule has 0 fully saturated rings. The Morgan fingerprint density at radius 3 is 2.81 bits per heavy atom. The number of nitrogens with one attached hydrogen (secondary N) is 1. The molecule has 1 N–H and O–H groups in total. The smallest absolute Gasteiger partial charge is 0.263 e. The molecule has 2 heterocycles. The van der Waals surface area contributed by atoms with Crippen molar-refractivity contribution in [1.29, 1.82) is 0 Å². The van der Waals surface area contributed by atoms with Crippen molar-refractivity contribution in [3.63, 3.8) is 0 Å². The van der Waals surface area contributed by atoms with Crippen molar-refractivity contribution in [3.8, 4) is 11.6 Å². The lowest BCUT2D eigenvalue weighted by Crippen LogP contribution is -2.33. The van der Waals surface area contributed by atoms with Crippen LogP contribution in [0, 0.1) is 0 Å². The van der Waals surface area contributed by atoms with Gasteiger partial charge >= 0.3 is 0 Å². The van der Waals surface area contributed by atoms with Gasteiger partial charge in [-0.2, -0.15) is 0 Å². The number of benzene rings is 1. The molecule has 0 spiro atoms. The molecule has 31 heavy (non-hydrogen) atoms. The highest BCUT2D eigenvalue weighted by Gasteiger charge is 2.29. The summed E-state index contributed by atoms with van der Waals surface area (Å²) in [6.07, 6.45) is 3.37. The summed E-state index contributed by atoms with van der Waals surface area (Å²) in [6, 6.07) is 8.53. The van der Waals surface area contributed by atoms with Gasteiger partial charge in [-0.05, 0) is 62.8 Å². The molecule has 0 atom stereocenters. The number of nitrogens with zero attached hydrogens (tertiary/aromatic N) is 3. The predicted molar refractivity (Wildman–Crippen MR) is 122 cm³/mol. The lowest BCUT2D eigenvalue weighted by Gasteiger charge is -2.22. The summed E-state index contributed by atoms with van der Waals surface area (Å²) in [5.41, 5.74) is 0.964. The Morgan fingerprint density at radius 1 is 1.23 bits per heavy atom. The second kappa shape index (κ2) is 11.1. The molecule has 3 rings (SSSR count). The van der Waals surface area contributed by atoms with Crippen LogP contribution >= 0.6 is 11.6 Å². The van der Waals surface area contributed by atoms with Crippen molar-refractivity contribution < 1.29 is 14.3 Å². The van der Waals surface area contributed by atoms with E-state index in [2.05, 4.69) is 29.0 Å². The van der Waals surface area contributed by atoms with Crippen LogP contribution in [0.2, 0.25) is 5.02 Å². The second-order valence-corrected chi connectivity index (χ2v) is 7.80. The third kappa shape index (κ3) is 5.95. The van der Waals surface area contributed by atoms with Gasteiger partial charge in [0.15, 0.2) is 5.75 Å². The normalized spacial score (nSPS) is 12.8. The van der Waals surface area contributed by atoms with Crippen molar-refractivity contribution in [2.75, 3.05) is 37.6 Å². The van der Waals surface area contributed by atoms with Crippen molar-refractivity contribution >= 4 is 29.1 Å². The Hall–Kier alpha value is -2.64. The first-order valence-electron chi connectivity index (χ1n) is 10.8. The highest BCUT2D eigenvalue weighted by Crippen LogP contribution is 2.39. The van der Waals surface area contributed by atoms with E-state index in [0.717, 1.165) is 26.1 Å². The fourth-order valence-corrected chi connectivity index (χ4v) is 3.73. The maximum atomic E-state index is 13.2. The van der Waals surface area contributed by atoms with Gasteiger partial charge in [0.25, 0.3) is 5.91 Å². The zero-order valence-corrected chi connectivity index (χ0v) is 18.8.